The summed E-state index contributed by atoms with van der Waals surface area (Å²) < 4.78 is 12.3. The second-order valence-corrected chi connectivity index (χ2v) is 12.7. The average molecular weight is 650 g/mol. The van der Waals surface area contributed by atoms with Crippen LogP contribution in [0.15, 0.2) is 107 Å². The van der Waals surface area contributed by atoms with Crippen LogP contribution in [0.4, 0.5) is 5.13 Å². The number of carbonyl (C=O) groups excluding carboxylic acids is 2. The molecule has 5 aromatic rings. The molecule has 4 aromatic carbocycles. The van der Waals surface area contributed by atoms with Crippen LogP contribution in [-0.2, 0) is 15.3 Å². The van der Waals surface area contributed by atoms with Gasteiger partial charge < -0.3 is 14.6 Å². The van der Waals surface area contributed by atoms with Gasteiger partial charge >= 0.3 is 5.91 Å². The van der Waals surface area contributed by atoms with Crippen molar-refractivity contribution in [3.63, 3.8) is 0 Å². The number of ether oxygens (including phenoxy) is 2. The van der Waals surface area contributed by atoms with Gasteiger partial charge in [0, 0.05) is 11.3 Å². The number of hydrogen-bond donors (Lipinski definition) is 1. The average Bonchev–Trinajstić information content (AvgIpc) is 3.64. The van der Waals surface area contributed by atoms with Crippen molar-refractivity contribution in [2.45, 2.75) is 30.0 Å². The zero-order valence-corrected chi connectivity index (χ0v) is 26.9. The van der Waals surface area contributed by atoms with Gasteiger partial charge in [-0.1, -0.05) is 114 Å². The van der Waals surface area contributed by atoms with E-state index < -0.39 is 17.7 Å². The third-order valence-corrected chi connectivity index (χ3v) is 9.65. The zero-order valence-electron chi connectivity index (χ0n) is 25.3. The number of amides is 1. The number of ketones is 1. The van der Waals surface area contributed by atoms with Crippen LogP contribution in [0.2, 0.25) is 0 Å². The molecule has 0 bridgehead atoms. The number of hydrogen-bond acceptors (Lipinski definition) is 9. The van der Waals surface area contributed by atoms with Crippen LogP contribution < -0.4 is 14.4 Å². The predicted molar refractivity (Wildman–Crippen MR) is 183 cm³/mol. The molecule has 0 spiro atoms. The number of Topliss-reactive ketones (excluding diaryl/α,β-unsaturated/α-hetero) is 1. The minimum Gasteiger partial charge on any atom is -0.507 e. The number of aryl methyl sites for hydroxylation is 1. The first-order valence-corrected chi connectivity index (χ1v) is 16.5. The van der Waals surface area contributed by atoms with Gasteiger partial charge in [-0.15, -0.1) is 10.2 Å². The molecular weight excluding hydrogens is 619 g/mol. The van der Waals surface area contributed by atoms with Gasteiger partial charge in [0.2, 0.25) is 5.13 Å². The number of aliphatic hydroxyl groups excluding tert-OH is 1. The van der Waals surface area contributed by atoms with Crippen LogP contribution in [0.3, 0.4) is 0 Å². The third-order valence-electron chi connectivity index (χ3n) is 7.54. The Balaban J connectivity index is 1.40. The highest BCUT2D eigenvalue weighted by Gasteiger charge is 2.48. The Morgan fingerprint density at radius 2 is 1.78 bits per heavy atom. The second-order valence-electron chi connectivity index (χ2n) is 10.6. The monoisotopic (exact) mass is 649 g/mol. The molecule has 1 aliphatic rings. The summed E-state index contributed by atoms with van der Waals surface area (Å²) >= 11 is 2.73. The number of thioether (sulfide) groups is 1. The third kappa shape index (κ3) is 6.14. The van der Waals surface area contributed by atoms with Crippen LogP contribution in [0.25, 0.3) is 16.5 Å². The topological polar surface area (TPSA) is 102 Å². The van der Waals surface area contributed by atoms with Crippen LogP contribution in [0, 0.1) is 6.92 Å². The second kappa shape index (κ2) is 13.6. The molecule has 0 saturated carbocycles. The summed E-state index contributed by atoms with van der Waals surface area (Å²) in [6.45, 7) is 8.13. The summed E-state index contributed by atoms with van der Waals surface area (Å²) in [6, 6.07) is 25.7. The fourth-order valence-corrected chi connectivity index (χ4v) is 7.23. The number of nitrogens with zero attached hydrogens (tertiary/aromatic N) is 3. The molecule has 1 atom stereocenters. The van der Waals surface area contributed by atoms with Crippen LogP contribution in [0.5, 0.6) is 11.5 Å². The molecule has 10 heteroatoms. The summed E-state index contributed by atoms with van der Waals surface area (Å²) in [7, 11) is 0. The van der Waals surface area contributed by atoms with E-state index in [1.165, 1.54) is 28.0 Å². The first-order chi connectivity index (χ1) is 22.4. The summed E-state index contributed by atoms with van der Waals surface area (Å²) in [5.74, 6) is -0.310. The summed E-state index contributed by atoms with van der Waals surface area (Å²) in [5, 5.41) is 22.8. The van der Waals surface area contributed by atoms with Gasteiger partial charge in [0.1, 0.15) is 12.4 Å². The Morgan fingerprint density at radius 1 is 1.00 bits per heavy atom. The van der Waals surface area contributed by atoms with E-state index in [-0.39, 0.29) is 23.1 Å². The van der Waals surface area contributed by atoms with E-state index in [1.54, 1.807) is 36.4 Å². The van der Waals surface area contributed by atoms with Crippen molar-refractivity contribution in [1.29, 1.82) is 0 Å². The molecule has 1 fully saturated rings. The lowest BCUT2D eigenvalue weighted by atomic mass is 9.95. The number of benzene rings is 4. The van der Waals surface area contributed by atoms with Crippen molar-refractivity contribution in [3.05, 3.63) is 125 Å². The van der Waals surface area contributed by atoms with Gasteiger partial charge in [0.15, 0.2) is 15.8 Å². The molecule has 0 radical (unpaired) electrons. The maximum absolute atomic E-state index is 13.7. The van der Waals surface area contributed by atoms with Crippen molar-refractivity contribution in [2.24, 2.45) is 0 Å². The fraction of sp³-hybridized carbons (Fsp3) is 0.167. The van der Waals surface area contributed by atoms with Crippen molar-refractivity contribution >= 4 is 56.5 Å². The van der Waals surface area contributed by atoms with Gasteiger partial charge in [-0.2, -0.15) is 0 Å². The Kier molecular flexibility index (Phi) is 9.18. The number of anilines is 1. The van der Waals surface area contributed by atoms with E-state index in [2.05, 4.69) is 41.0 Å². The molecule has 46 heavy (non-hydrogen) atoms. The highest BCUT2D eigenvalue weighted by Crippen LogP contribution is 2.46. The van der Waals surface area contributed by atoms with E-state index in [4.69, 9.17) is 9.47 Å². The maximum Gasteiger partial charge on any atom is 0.301 e. The van der Waals surface area contributed by atoms with Crippen LogP contribution in [-0.4, -0.2) is 40.2 Å². The van der Waals surface area contributed by atoms with Gasteiger partial charge in [0.25, 0.3) is 5.78 Å². The largest absolute Gasteiger partial charge is 0.507 e. The molecule has 1 aromatic heterocycles. The maximum atomic E-state index is 13.7. The van der Waals surface area contributed by atoms with E-state index in [0.717, 1.165) is 21.9 Å². The van der Waals surface area contributed by atoms with Gasteiger partial charge in [-0.3, -0.25) is 14.5 Å². The quantitative estimate of drug-likeness (QED) is 0.0385. The number of aromatic nitrogens is 2. The number of fused-ring (bicyclic) bond motifs is 1. The Bertz CT molecular complexity index is 1960. The minimum absolute atomic E-state index is 0.0452. The molecule has 6 rings (SSSR count). The lowest BCUT2D eigenvalue weighted by Gasteiger charge is -2.23. The summed E-state index contributed by atoms with van der Waals surface area (Å²) in [6.07, 6.45) is 1.63. The normalized spacial score (nSPS) is 15.8. The lowest BCUT2D eigenvalue weighted by Crippen LogP contribution is -2.29. The Morgan fingerprint density at radius 3 is 2.57 bits per heavy atom. The van der Waals surface area contributed by atoms with Gasteiger partial charge in [-0.25, -0.2) is 0 Å². The van der Waals surface area contributed by atoms with E-state index in [1.807, 2.05) is 44.2 Å². The van der Waals surface area contributed by atoms with E-state index >= 15 is 0 Å². The Labute approximate surface area is 275 Å². The van der Waals surface area contributed by atoms with Crippen molar-refractivity contribution in [3.8, 4) is 11.5 Å². The number of rotatable bonds is 11. The van der Waals surface area contributed by atoms with Crippen LogP contribution in [0.1, 0.15) is 35.2 Å². The minimum atomic E-state index is -0.988. The Hall–Kier alpha value is -4.93. The van der Waals surface area contributed by atoms with Crippen LogP contribution >= 0.6 is 23.1 Å². The number of aliphatic hydroxyl groups is 1. The lowest BCUT2D eigenvalue weighted by molar-refractivity contribution is -0.132. The van der Waals surface area contributed by atoms with Gasteiger partial charge in [-0.05, 0) is 47.9 Å². The zero-order chi connectivity index (χ0) is 32.2. The molecule has 1 N–H and O–H groups in total. The molecule has 1 amide bonds. The molecule has 1 unspecified atom stereocenters. The highest BCUT2D eigenvalue weighted by atomic mass is 32.2. The molecular formula is C36H31N3O5S2. The first-order valence-electron chi connectivity index (χ1n) is 14.7. The molecule has 0 aliphatic carbocycles. The standard InChI is InChI=1S/C36H31N3O5S2/c1-4-19-44-28-18-17-25(20-29(28)43-5-2)31-30(32(40)24-15-13-22(3)14-16-24)33(41)34(42)39(31)35-37-38-36(46-35)45-21-26-11-8-10-23-9-6-7-12-27(23)26/h4,6-18,20,31,40H,1,5,19,21H2,2-3H3. The van der Waals surface area contributed by atoms with Gasteiger partial charge in [0.05, 0.1) is 18.2 Å². The summed E-state index contributed by atoms with van der Waals surface area (Å²) in [5.41, 5.74) is 3.07. The molecule has 1 aliphatic heterocycles. The molecule has 1 saturated heterocycles. The summed E-state index contributed by atoms with van der Waals surface area (Å²) in [4.78, 5) is 28.7. The van der Waals surface area contributed by atoms with E-state index in [0.29, 0.717) is 39.3 Å². The smallest absolute Gasteiger partial charge is 0.301 e. The van der Waals surface area contributed by atoms with Crippen molar-refractivity contribution in [1.82, 2.24) is 10.2 Å². The number of carbonyl (C=O) groups is 2. The van der Waals surface area contributed by atoms with Crippen molar-refractivity contribution < 1.29 is 24.2 Å². The fourth-order valence-electron chi connectivity index (χ4n) is 5.36. The highest BCUT2D eigenvalue weighted by molar-refractivity contribution is 8.00. The molecule has 232 valence electrons. The van der Waals surface area contributed by atoms with E-state index in [9.17, 15) is 14.7 Å². The first kappa shape index (κ1) is 31.1. The SMILES string of the molecule is C=CCOc1ccc(C2C(=C(O)c3ccc(C)cc3)C(=O)C(=O)N2c2nnc(SCc3cccc4ccccc34)s2)cc1OCC. The molecule has 2 heterocycles. The van der Waals surface area contributed by atoms with Crippen molar-refractivity contribution in [2.75, 3.05) is 18.1 Å². The molecule has 8 nitrogen and oxygen atoms in total. The predicted octanol–water partition coefficient (Wildman–Crippen LogP) is 7.88.